The Bertz CT molecular complexity index is 1820. The van der Waals surface area contributed by atoms with E-state index in [1.165, 1.54) is 12.5 Å². The zero-order valence-electron chi connectivity index (χ0n) is 30.3. The molecule has 4 aromatic rings. The van der Waals surface area contributed by atoms with Gasteiger partial charge < -0.3 is 30.8 Å². The van der Waals surface area contributed by atoms with Crippen LogP contribution < -0.4 is 26.8 Å². The zero-order chi connectivity index (χ0) is 38.9. The number of alkyl carbamates (subject to hydrolysis) is 1. The molecule has 0 saturated heterocycles. The molecule has 0 aliphatic rings. The van der Waals surface area contributed by atoms with E-state index >= 15 is 0 Å². The van der Waals surface area contributed by atoms with Gasteiger partial charge >= 0.3 is 6.09 Å². The number of rotatable bonds is 19. The predicted molar refractivity (Wildman–Crippen MR) is 204 cm³/mol. The maximum atomic E-state index is 14.1. The van der Waals surface area contributed by atoms with Gasteiger partial charge in [0, 0.05) is 37.0 Å². The zero-order valence-corrected chi connectivity index (χ0v) is 31.1. The van der Waals surface area contributed by atoms with Gasteiger partial charge in [0.25, 0.3) is 0 Å². The maximum absolute atomic E-state index is 14.1. The van der Waals surface area contributed by atoms with Crippen LogP contribution in [0.1, 0.15) is 56.4 Å². The van der Waals surface area contributed by atoms with Gasteiger partial charge in [-0.1, -0.05) is 86.6 Å². The first-order valence-electron chi connectivity index (χ1n) is 17.9. The van der Waals surface area contributed by atoms with Gasteiger partial charge in [0.15, 0.2) is 0 Å². The van der Waals surface area contributed by atoms with Gasteiger partial charge in [-0.15, -0.1) is 11.6 Å². The van der Waals surface area contributed by atoms with Crippen LogP contribution in [0.5, 0.6) is 0 Å². The van der Waals surface area contributed by atoms with Gasteiger partial charge in [-0.25, -0.2) is 9.78 Å². The van der Waals surface area contributed by atoms with Gasteiger partial charge in [-0.3, -0.25) is 30.0 Å². The molecule has 0 aliphatic heterocycles. The maximum Gasteiger partial charge on any atom is 0.408 e. The van der Waals surface area contributed by atoms with Crippen molar-refractivity contribution in [1.29, 1.82) is 0 Å². The number of nitrogens with one attached hydrogen (secondary N) is 6. The number of carbonyl (C=O) groups excluding carboxylic acids is 5. The summed E-state index contributed by atoms with van der Waals surface area (Å²) in [6.45, 7) is 3.78. The average Bonchev–Trinajstić information content (AvgIpc) is 3.68. The number of hydrazine groups is 1. The third kappa shape index (κ3) is 13.5. The van der Waals surface area contributed by atoms with Gasteiger partial charge in [-0.05, 0) is 40.7 Å². The van der Waals surface area contributed by atoms with Crippen molar-refractivity contribution in [3.8, 4) is 0 Å². The molecule has 7 N–H and O–H groups in total. The number of H-pyrrole nitrogens is 1. The summed E-state index contributed by atoms with van der Waals surface area (Å²) >= 11 is 5.62. The number of aliphatic hydroxyl groups is 1. The summed E-state index contributed by atoms with van der Waals surface area (Å²) in [5.41, 5.74) is 6.66. The minimum Gasteiger partial charge on any atom is -0.445 e. The summed E-state index contributed by atoms with van der Waals surface area (Å²) in [5, 5.41) is 21.3. The summed E-state index contributed by atoms with van der Waals surface area (Å²) in [7, 11) is 0. The van der Waals surface area contributed by atoms with E-state index in [0.717, 1.165) is 21.9 Å². The first kappa shape index (κ1) is 41.3. The van der Waals surface area contributed by atoms with Crippen LogP contribution >= 0.6 is 11.6 Å². The molecule has 0 bridgehead atoms. The molecule has 0 fully saturated rings. The number of carbonyl (C=O) groups is 5. The van der Waals surface area contributed by atoms with Crippen molar-refractivity contribution < 1.29 is 33.8 Å². The summed E-state index contributed by atoms with van der Waals surface area (Å²) in [6, 6.07) is 19.2. The number of aliphatic hydroxyl groups excluding tert-OH is 1. The molecule has 288 valence electrons. The van der Waals surface area contributed by atoms with Gasteiger partial charge in [-0.2, -0.15) is 0 Å². The Hall–Kier alpha value is -5.47. The second kappa shape index (κ2) is 21.3. The molecule has 5 amide bonds. The number of fused-ring (bicyclic) bond motifs is 1. The van der Waals surface area contributed by atoms with Crippen LogP contribution in [-0.4, -0.2) is 74.9 Å². The number of hydrogen-bond donors (Lipinski definition) is 7. The van der Waals surface area contributed by atoms with Crippen LogP contribution in [-0.2, 0) is 43.4 Å². The molecule has 1 aromatic heterocycles. The molecular formula is C39H48ClN7O7. The van der Waals surface area contributed by atoms with E-state index in [2.05, 4.69) is 36.8 Å². The molecule has 0 aliphatic carbocycles. The van der Waals surface area contributed by atoms with Crippen LogP contribution in [0.3, 0.4) is 0 Å². The number of imidazole rings is 1. The lowest BCUT2D eigenvalue weighted by Crippen LogP contribution is -2.57. The second-order valence-electron chi connectivity index (χ2n) is 13.3. The fourth-order valence-electron chi connectivity index (χ4n) is 5.82. The van der Waals surface area contributed by atoms with Crippen molar-refractivity contribution in [2.24, 2.45) is 5.92 Å². The first-order valence-corrected chi connectivity index (χ1v) is 18.4. The Morgan fingerprint density at radius 3 is 2.24 bits per heavy atom. The molecule has 3 aromatic carbocycles. The molecule has 0 saturated carbocycles. The lowest BCUT2D eigenvalue weighted by Gasteiger charge is -2.29. The topological polar surface area (TPSA) is 204 Å². The number of hydrogen-bond acceptors (Lipinski definition) is 8. The van der Waals surface area contributed by atoms with E-state index in [1.807, 2.05) is 86.6 Å². The first-order chi connectivity index (χ1) is 26.0. The fourth-order valence-corrected chi connectivity index (χ4v) is 5.95. The molecule has 4 atom stereocenters. The highest BCUT2D eigenvalue weighted by Crippen LogP contribution is 2.20. The van der Waals surface area contributed by atoms with Crippen molar-refractivity contribution >= 4 is 52.1 Å². The number of benzene rings is 3. The Balaban J connectivity index is 1.52. The smallest absolute Gasteiger partial charge is 0.408 e. The molecule has 14 nitrogen and oxygen atoms in total. The van der Waals surface area contributed by atoms with E-state index in [9.17, 15) is 29.1 Å². The van der Waals surface area contributed by atoms with Gasteiger partial charge in [0.05, 0.1) is 24.9 Å². The Labute approximate surface area is 319 Å². The Morgan fingerprint density at radius 1 is 0.833 bits per heavy atom. The molecular weight excluding hydrogens is 714 g/mol. The average molecular weight is 762 g/mol. The molecule has 4 rings (SSSR count). The van der Waals surface area contributed by atoms with Crippen molar-refractivity contribution in [1.82, 2.24) is 36.8 Å². The standard InChI is InChI=1S/C39H48ClN7O7/c1-25(2)18-31(34(48)21-36(50)47-46-35(49)16-9-17-40)43-38(52)33(20-29-22-41-24-42-29)44-37(51)32(45-39(53)54-23-26-10-4-3-5-11-26)19-28-14-8-13-27-12-6-7-15-30(27)28/h3-8,10-15,22,24-25,31-34,48H,9,16-21,23H2,1-2H3,(H,41,42)(H,43,52)(H,44,51)(H,45,53)(H,46,49)(H,47,50)/t31-,32-,33-,34-/m0/s1. The predicted octanol–water partition coefficient (Wildman–Crippen LogP) is 3.58. The molecule has 15 heteroatoms. The highest BCUT2D eigenvalue weighted by molar-refractivity contribution is 6.17. The third-order valence-corrected chi connectivity index (χ3v) is 8.80. The molecule has 0 radical (unpaired) electrons. The Morgan fingerprint density at radius 2 is 1.52 bits per heavy atom. The van der Waals surface area contributed by atoms with Crippen molar-refractivity contribution in [2.45, 2.75) is 83.2 Å². The lowest BCUT2D eigenvalue weighted by molar-refractivity contribution is -0.132. The monoisotopic (exact) mass is 761 g/mol. The fraction of sp³-hybridized carbons (Fsp3) is 0.385. The van der Waals surface area contributed by atoms with Crippen LogP contribution in [0.15, 0.2) is 85.3 Å². The molecule has 54 heavy (non-hydrogen) atoms. The Kier molecular flexibility index (Phi) is 16.3. The van der Waals surface area contributed by atoms with E-state index in [4.69, 9.17) is 16.3 Å². The van der Waals surface area contributed by atoms with Crippen LogP contribution in [0.4, 0.5) is 4.79 Å². The number of aromatic amines is 1. The third-order valence-electron chi connectivity index (χ3n) is 8.53. The van der Waals surface area contributed by atoms with E-state index in [0.29, 0.717) is 24.4 Å². The van der Waals surface area contributed by atoms with Crippen LogP contribution in [0.2, 0.25) is 0 Å². The molecule has 1 heterocycles. The van der Waals surface area contributed by atoms with Gasteiger partial charge in [0.2, 0.25) is 23.6 Å². The summed E-state index contributed by atoms with van der Waals surface area (Å²) in [6.07, 6.45) is 1.32. The largest absolute Gasteiger partial charge is 0.445 e. The van der Waals surface area contributed by atoms with Crippen LogP contribution in [0.25, 0.3) is 10.8 Å². The summed E-state index contributed by atoms with van der Waals surface area (Å²) in [4.78, 5) is 72.7. The van der Waals surface area contributed by atoms with Crippen molar-refractivity contribution in [2.75, 3.05) is 5.88 Å². The normalized spacial score (nSPS) is 13.3. The number of halogens is 1. The summed E-state index contributed by atoms with van der Waals surface area (Å²) < 4.78 is 5.46. The number of aromatic nitrogens is 2. The van der Waals surface area contributed by atoms with Crippen molar-refractivity contribution in [3.05, 3.63) is 102 Å². The van der Waals surface area contributed by atoms with E-state index in [1.54, 1.807) is 0 Å². The SMILES string of the molecule is CC(C)C[C@H](NC(=O)[C@H](Cc1cnc[nH]1)NC(=O)[C@H](Cc1cccc2ccccc12)NC(=O)OCc1ccccc1)[C@@H](O)CC(=O)NNC(=O)CCCCl. The van der Waals surface area contributed by atoms with E-state index < -0.39 is 60.4 Å². The van der Waals surface area contributed by atoms with Crippen LogP contribution in [0, 0.1) is 5.92 Å². The highest BCUT2D eigenvalue weighted by Gasteiger charge is 2.32. The number of amides is 5. The quantitative estimate of drug-likeness (QED) is 0.0555. The lowest BCUT2D eigenvalue weighted by atomic mass is 9.96. The van der Waals surface area contributed by atoms with E-state index in [-0.39, 0.29) is 31.8 Å². The van der Waals surface area contributed by atoms with Gasteiger partial charge in [0.1, 0.15) is 18.7 Å². The second-order valence-corrected chi connectivity index (χ2v) is 13.7. The molecule has 0 unspecified atom stereocenters. The number of alkyl halides is 1. The summed E-state index contributed by atoms with van der Waals surface area (Å²) in [5.74, 6) is -2.08. The number of ether oxygens (including phenoxy) is 1. The minimum absolute atomic E-state index is 0.0000825. The number of nitrogens with zero attached hydrogens (tertiary/aromatic N) is 1. The van der Waals surface area contributed by atoms with Crippen molar-refractivity contribution in [3.63, 3.8) is 0 Å². The minimum atomic E-state index is -1.33. The highest BCUT2D eigenvalue weighted by atomic mass is 35.5. The molecule has 0 spiro atoms.